The molecule has 3 aliphatic rings. The molecule has 1 spiro atoms. The van der Waals surface area contributed by atoms with Gasteiger partial charge in [0, 0.05) is 18.9 Å². The molecule has 1 atom stereocenters. The molecule has 2 fully saturated rings. The number of piperidine rings is 1. The van der Waals surface area contributed by atoms with Crippen LogP contribution in [0, 0.1) is 5.41 Å². The van der Waals surface area contributed by atoms with Crippen LogP contribution in [0.2, 0.25) is 0 Å². The van der Waals surface area contributed by atoms with Gasteiger partial charge >= 0.3 is 0 Å². The van der Waals surface area contributed by atoms with Crippen LogP contribution in [0.15, 0.2) is 0 Å². The maximum absolute atomic E-state index is 4.54. The molecule has 1 aromatic rings. The average molecular weight is 246 g/mol. The third-order valence-electron chi connectivity index (χ3n) is 5.24. The summed E-state index contributed by atoms with van der Waals surface area (Å²) >= 11 is 0. The maximum Gasteiger partial charge on any atom is 0.136 e. The monoisotopic (exact) mass is 246 g/mol. The van der Waals surface area contributed by atoms with Crippen LogP contribution in [-0.4, -0.2) is 27.9 Å². The van der Waals surface area contributed by atoms with E-state index in [9.17, 15) is 0 Å². The Hall–Kier alpha value is -0.900. The Kier molecular flexibility index (Phi) is 2.47. The zero-order chi connectivity index (χ0) is 12.0. The summed E-state index contributed by atoms with van der Waals surface area (Å²) in [5.74, 6) is 3.27. The predicted molar refractivity (Wildman–Crippen MR) is 69.5 cm³/mol. The zero-order valence-corrected chi connectivity index (χ0v) is 11.0. The Balaban J connectivity index is 1.61. The van der Waals surface area contributed by atoms with Gasteiger partial charge in [0.2, 0.25) is 0 Å². The van der Waals surface area contributed by atoms with Gasteiger partial charge in [-0.2, -0.15) is 0 Å². The number of nitrogens with zero attached hydrogens (tertiary/aromatic N) is 3. The molecule has 1 saturated heterocycles. The van der Waals surface area contributed by atoms with Crippen molar-refractivity contribution in [3.8, 4) is 0 Å². The first-order valence-electron chi connectivity index (χ1n) is 7.52. The maximum atomic E-state index is 4.54. The molecule has 3 heterocycles. The van der Waals surface area contributed by atoms with E-state index >= 15 is 0 Å². The Labute approximate surface area is 108 Å². The molecular weight excluding hydrogens is 224 g/mol. The van der Waals surface area contributed by atoms with Crippen LogP contribution in [0.25, 0.3) is 0 Å². The quantitative estimate of drug-likeness (QED) is 0.822. The molecule has 0 radical (unpaired) electrons. The van der Waals surface area contributed by atoms with E-state index in [1.165, 1.54) is 63.3 Å². The molecule has 1 N–H and O–H groups in total. The lowest BCUT2D eigenvalue weighted by atomic mass is 9.92. The lowest BCUT2D eigenvalue weighted by Gasteiger charge is -2.23. The Bertz CT molecular complexity index is 445. The summed E-state index contributed by atoms with van der Waals surface area (Å²) in [6.07, 6.45) is 9.10. The first-order valence-corrected chi connectivity index (χ1v) is 7.52. The van der Waals surface area contributed by atoms with Crippen molar-refractivity contribution in [2.24, 2.45) is 5.41 Å². The summed E-state index contributed by atoms with van der Waals surface area (Å²) in [4.78, 5) is 0. The number of fused-ring (bicyclic) bond motifs is 1. The van der Waals surface area contributed by atoms with Crippen molar-refractivity contribution in [2.45, 2.75) is 57.4 Å². The number of rotatable bonds is 1. The highest BCUT2D eigenvalue weighted by Crippen LogP contribution is 2.63. The first-order chi connectivity index (χ1) is 8.89. The summed E-state index contributed by atoms with van der Waals surface area (Å²) in [7, 11) is 0. The van der Waals surface area contributed by atoms with E-state index in [2.05, 4.69) is 20.1 Å². The summed E-state index contributed by atoms with van der Waals surface area (Å²) in [6, 6.07) is 0. The van der Waals surface area contributed by atoms with Crippen LogP contribution >= 0.6 is 0 Å². The molecule has 1 saturated carbocycles. The molecule has 2 aliphatic heterocycles. The van der Waals surface area contributed by atoms with Crippen molar-refractivity contribution in [3.63, 3.8) is 0 Å². The van der Waals surface area contributed by atoms with E-state index in [0.717, 1.165) is 13.0 Å². The van der Waals surface area contributed by atoms with E-state index < -0.39 is 0 Å². The van der Waals surface area contributed by atoms with Gasteiger partial charge in [-0.25, -0.2) is 0 Å². The first kappa shape index (κ1) is 11.0. The second-order valence-electron chi connectivity index (χ2n) is 6.31. The lowest BCUT2D eigenvalue weighted by molar-refractivity contribution is 0.337. The molecule has 1 aliphatic carbocycles. The minimum absolute atomic E-state index is 0.585. The van der Waals surface area contributed by atoms with Gasteiger partial charge in [-0.3, -0.25) is 0 Å². The van der Waals surface area contributed by atoms with Gasteiger partial charge in [-0.1, -0.05) is 6.42 Å². The number of nitrogens with one attached hydrogen (secondary N) is 1. The topological polar surface area (TPSA) is 42.7 Å². The van der Waals surface area contributed by atoms with Gasteiger partial charge in [0.05, 0.1) is 0 Å². The van der Waals surface area contributed by atoms with Crippen LogP contribution in [0.1, 0.15) is 56.1 Å². The number of aryl methyl sites for hydroxylation is 1. The normalized spacial score (nSPS) is 29.9. The van der Waals surface area contributed by atoms with Gasteiger partial charge < -0.3 is 9.88 Å². The highest BCUT2D eigenvalue weighted by molar-refractivity contribution is 5.21. The molecule has 98 valence electrons. The van der Waals surface area contributed by atoms with Crippen molar-refractivity contribution < 1.29 is 0 Å². The third kappa shape index (κ3) is 1.62. The fourth-order valence-electron chi connectivity index (χ4n) is 3.96. The molecule has 0 bridgehead atoms. The highest BCUT2D eigenvalue weighted by Gasteiger charge is 2.56. The van der Waals surface area contributed by atoms with Crippen molar-refractivity contribution in [1.82, 2.24) is 20.1 Å². The Morgan fingerprint density at radius 3 is 2.89 bits per heavy atom. The Morgan fingerprint density at radius 2 is 2.00 bits per heavy atom. The molecule has 1 aromatic heterocycles. The number of aromatic nitrogens is 3. The number of hydrogen-bond acceptors (Lipinski definition) is 3. The molecule has 4 rings (SSSR count). The fourth-order valence-corrected chi connectivity index (χ4v) is 3.96. The smallest absolute Gasteiger partial charge is 0.136 e. The van der Waals surface area contributed by atoms with Crippen LogP contribution < -0.4 is 5.32 Å². The molecule has 4 nitrogen and oxygen atoms in total. The molecule has 0 unspecified atom stereocenters. The van der Waals surface area contributed by atoms with Gasteiger partial charge in [-0.05, 0) is 50.6 Å². The van der Waals surface area contributed by atoms with Crippen molar-refractivity contribution >= 4 is 0 Å². The van der Waals surface area contributed by atoms with E-state index in [1.807, 2.05) is 0 Å². The summed E-state index contributed by atoms with van der Waals surface area (Å²) in [5.41, 5.74) is 0.585. The minimum atomic E-state index is 0.585. The van der Waals surface area contributed by atoms with Crippen LogP contribution in [-0.2, 0) is 13.0 Å². The van der Waals surface area contributed by atoms with Crippen LogP contribution in [0.3, 0.4) is 0 Å². The molecule has 0 amide bonds. The predicted octanol–water partition coefficient (Wildman–Crippen LogP) is 1.86. The molecular formula is C14H22N4. The van der Waals surface area contributed by atoms with E-state index in [-0.39, 0.29) is 0 Å². The lowest BCUT2D eigenvalue weighted by Crippen LogP contribution is -2.29. The second kappa shape index (κ2) is 4.05. The average Bonchev–Trinajstić information content (AvgIpc) is 3.02. The van der Waals surface area contributed by atoms with Gasteiger partial charge in [0.15, 0.2) is 0 Å². The largest absolute Gasteiger partial charge is 0.317 e. The van der Waals surface area contributed by atoms with E-state index in [1.54, 1.807) is 0 Å². The fraction of sp³-hybridized carbons (Fsp3) is 0.857. The van der Waals surface area contributed by atoms with Crippen molar-refractivity contribution in [3.05, 3.63) is 11.6 Å². The van der Waals surface area contributed by atoms with Crippen molar-refractivity contribution in [1.29, 1.82) is 0 Å². The summed E-state index contributed by atoms with van der Waals surface area (Å²) in [5, 5.41) is 12.5. The summed E-state index contributed by atoms with van der Waals surface area (Å²) in [6.45, 7) is 3.54. The Morgan fingerprint density at radius 1 is 1.11 bits per heavy atom. The van der Waals surface area contributed by atoms with Crippen LogP contribution in [0.5, 0.6) is 0 Å². The van der Waals surface area contributed by atoms with Crippen molar-refractivity contribution in [2.75, 3.05) is 13.1 Å². The van der Waals surface area contributed by atoms with Gasteiger partial charge in [0.1, 0.15) is 11.6 Å². The van der Waals surface area contributed by atoms with E-state index in [0.29, 0.717) is 11.3 Å². The van der Waals surface area contributed by atoms with Gasteiger partial charge in [-0.15, -0.1) is 10.2 Å². The van der Waals surface area contributed by atoms with E-state index in [4.69, 9.17) is 0 Å². The highest BCUT2D eigenvalue weighted by atomic mass is 15.3. The summed E-state index contributed by atoms with van der Waals surface area (Å²) < 4.78 is 2.45. The zero-order valence-electron chi connectivity index (χ0n) is 11.0. The van der Waals surface area contributed by atoms with Gasteiger partial charge in [0.25, 0.3) is 0 Å². The molecule has 0 aromatic carbocycles. The molecule has 4 heteroatoms. The van der Waals surface area contributed by atoms with Crippen LogP contribution in [0.4, 0.5) is 0 Å². The minimum Gasteiger partial charge on any atom is -0.317 e. The SMILES string of the molecule is C1CCc2nnc([C@@H]3CC34CCNCC4)n2CC1. The number of hydrogen-bond donors (Lipinski definition) is 1. The third-order valence-corrected chi connectivity index (χ3v) is 5.24. The molecule has 18 heavy (non-hydrogen) atoms. The standard InChI is InChI=1S/C14H22N4/c1-2-4-12-16-17-13(18(12)9-3-1)11-10-14(11)5-7-15-8-6-14/h11,15H,1-10H2/t11-/m0/s1. The second-order valence-corrected chi connectivity index (χ2v) is 6.31.